The lowest BCUT2D eigenvalue weighted by molar-refractivity contribution is 0.102. The second-order valence-corrected chi connectivity index (χ2v) is 7.68. The minimum absolute atomic E-state index is 0.112. The first-order chi connectivity index (χ1) is 14.0. The fourth-order valence-electron chi connectivity index (χ4n) is 3.15. The molecule has 4 aromatic rings. The molecule has 0 radical (unpaired) electrons. The zero-order chi connectivity index (χ0) is 20.1. The van der Waals surface area contributed by atoms with Crippen molar-refractivity contribution in [3.05, 3.63) is 47.0 Å². The number of thiazole rings is 1. The molecule has 7 nitrogen and oxygen atoms in total. The van der Waals surface area contributed by atoms with E-state index in [9.17, 15) is 9.18 Å². The molecule has 1 aliphatic heterocycles. The number of carbonyl (C=O) groups is 1. The second kappa shape index (κ2) is 6.63. The number of anilines is 1. The molecular weight excluding hydrogens is 395 g/mol. The third-order valence-electron chi connectivity index (χ3n) is 4.66. The van der Waals surface area contributed by atoms with Gasteiger partial charge in [0.2, 0.25) is 0 Å². The van der Waals surface area contributed by atoms with Crippen LogP contribution in [0.25, 0.3) is 21.3 Å². The van der Waals surface area contributed by atoms with Crippen molar-refractivity contribution >= 4 is 43.6 Å². The molecule has 0 spiro atoms. The van der Waals surface area contributed by atoms with Crippen LogP contribution in [0, 0.1) is 19.7 Å². The Hall–Kier alpha value is -3.33. The van der Waals surface area contributed by atoms with E-state index in [1.54, 1.807) is 19.9 Å². The van der Waals surface area contributed by atoms with Gasteiger partial charge in [-0.2, -0.15) is 0 Å². The van der Waals surface area contributed by atoms with Crippen molar-refractivity contribution in [2.75, 3.05) is 18.5 Å². The first kappa shape index (κ1) is 17.7. The molecule has 5 rings (SSSR count). The fraction of sp³-hybridized carbons (Fsp3) is 0.200. The number of nitrogens with one attached hydrogen (secondary N) is 1. The Morgan fingerprint density at radius 1 is 1.00 bits per heavy atom. The van der Waals surface area contributed by atoms with Crippen molar-refractivity contribution < 1.29 is 18.7 Å². The number of aromatic nitrogens is 3. The van der Waals surface area contributed by atoms with Crippen LogP contribution in [0.1, 0.15) is 21.7 Å². The Balaban J connectivity index is 1.52. The summed E-state index contributed by atoms with van der Waals surface area (Å²) in [6.45, 7) is 4.57. The van der Waals surface area contributed by atoms with Crippen LogP contribution in [0.5, 0.6) is 11.5 Å². The molecule has 146 valence electrons. The molecule has 0 bridgehead atoms. The average molecular weight is 410 g/mol. The number of nitrogens with zero attached hydrogens (tertiary/aromatic N) is 3. The van der Waals surface area contributed by atoms with Crippen molar-refractivity contribution in [2.24, 2.45) is 0 Å². The van der Waals surface area contributed by atoms with Crippen LogP contribution < -0.4 is 14.8 Å². The first-order valence-corrected chi connectivity index (χ1v) is 9.75. The number of aryl methyl sites for hydroxylation is 2. The monoisotopic (exact) mass is 410 g/mol. The molecule has 1 amide bonds. The van der Waals surface area contributed by atoms with E-state index in [-0.39, 0.29) is 5.56 Å². The number of halogens is 1. The summed E-state index contributed by atoms with van der Waals surface area (Å²) in [6, 6.07) is 6.06. The number of rotatable bonds is 2. The van der Waals surface area contributed by atoms with Crippen LogP contribution in [-0.4, -0.2) is 34.1 Å². The van der Waals surface area contributed by atoms with Gasteiger partial charge in [-0.1, -0.05) is 11.3 Å². The molecule has 0 saturated carbocycles. The molecule has 2 aromatic heterocycles. The summed E-state index contributed by atoms with van der Waals surface area (Å²) in [6.07, 6.45) is 0. The van der Waals surface area contributed by atoms with Crippen molar-refractivity contribution in [2.45, 2.75) is 13.8 Å². The van der Waals surface area contributed by atoms with Crippen LogP contribution in [0.2, 0.25) is 0 Å². The SMILES string of the molecule is Cc1nc2cc(F)cc(C(=O)Nc3nc4cc5c(cc4s3)OCCO5)c2nc1C. The van der Waals surface area contributed by atoms with Gasteiger partial charge in [0.15, 0.2) is 16.6 Å². The van der Waals surface area contributed by atoms with Gasteiger partial charge in [0.1, 0.15) is 24.5 Å². The van der Waals surface area contributed by atoms with Crippen LogP contribution in [-0.2, 0) is 0 Å². The second-order valence-electron chi connectivity index (χ2n) is 6.65. The fourth-order valence-corrected chi connectivity index (χ4v) is 4.02. The van der Waals surface area contributed by atoms with Crippen LogP contribution in [0.15, 0.2) is 24.3 Å². The molecule has 0 fully saturated rings. The Bertz CT molecular complexity index is 1260. The van der Waals surface area contributed by atoms with Crippen molar-refractivity contribution in [3.8, 4) is 11.5 Å². The number of fused-ring (bicyclic) bond motifs is 3. The largest absolute Gasteiger partial charge is 0.486 e. The molecule has 0 atom stereocenters. The Labute approximate surface area is 168 Å². The van der Waals surface area contributed by atoms with E-state index in [2.05, 4.69) is 20.3 Å². The summed E-state index contributed by atoms with van der Waals surface area (Å²) in [5, 5.41) is 3.13. The topological polar surface area (TPSA) is 86.2 Å². The molecule has 1 aliphatic rings. The number of benzene rings is 2. The molecule has 0 aliphatic carbocycles. The van der Waals surface area contributed by atoms with E-state index < -0.39 is 11.7 Å². The van der Waals surface area contributed by atoms with Gasteiger partial charge in [0.05, 0.1) is 32.7 Å². The summed E-state index contributed by atoms with van der Waals surface area (Å²) in [4.78, 5) is 26.1. The van der Waals surface area contributed by atoms with Gasteiger partial charge < -0.3 is 9.47 Å². The standard InChI is InChI=1S/C20H15FN4O3S/c1-9-10(2)23-18-12(5-11(21)6-14(18)22-9)19(26)25-20-24-13-7-15-16(8-17(13)29-20)28-4-3-27-15/h5-8H,3-4H2,1-2H3,(H,24,25,26). The molecule has 29 heavy (non-hydrogen) atoms. The van der Waals surface area contributed by atoms with Gasteiger partial charge in [-0.3, -0.25) is 10.1 Å². The molecule has 3 heterocycles. The molecule has 0 saturated heterocycles. The van der Waals surface area contributed by atoms with Gasteiger partial charge in [0, 0.05) is 18.2 Å². The summed E-state index contributed by atoms with van der Waals surface area (Å²) < 4.78 is 26.1. The molecule has 0 unspecified atom stereocenters. The van der Waals surface area contributed by atoms with Crippen molar-refractivity contribution in [1.82, 2.24) is 15.0 Å². The highest BCUT2D eigenvalue weighted by molar-refractivity contribution is 7.22. The summed E-state index contributed by atoms with van der Waals surface area (Å²) in [5.74, 6) is 0.238. The van der Waals surface area contributed by atoms with E-state index >= 15 is 0 Å². The Morgan fingerprint density at radius 2 is 1.72 bits per heavy atom. The zero-order valence-corrected chi connectivity index (χ0v) is 16.4. The summed E-state index contributed by atoms with van der Waals surface area (Å²) in [5.41, 5.74) is 2.86. The number of ether oxygens (including phenoxy) is 2. The lowest BCUT2D eigenvalue weighted by Crippen LogP contribution is -2.15. The number of hydrogen-bond acceptors (Lipinski definition) is 7. The molecule has 2 aromatic carbocycles. The number of amides is 1. The van der Waals surface area contributed by atoms with Gasteiger partial charge >= 0.3 is 0 Å². The smallest absolute Gasteiger partial charge is 0.259 e. The summed E-state index contributed by atoms with van der Waals surface area (Å²) >= 11 is 1.30. The van der Waals surface area contributed by atoms with Gasteiger partial charge in [0.25, 0.3) is 5.91 Å². The minimum atomic E-state index is -0.550. The van der Waals surface area contributed by atoms with E-state index in [0.717, 1.165) is 10.8 Å². The molecule has 9 heteroatoms. The molecule has 1 N–H and O–H groups in total. The minimum Gasteiger partial charge on any atom is -0.486 e. The third kappa shape index (κ3) is 3.13. The lowest BCUT2D eigenvalue weighted by atomic mass is 10.1. The maximum absolute atomic E-state index is 14.1. The quantitative estimate of drug-likeness (QED) is 0.537. The predicted octanol–water partition coefficient (Wildman–Crippen LogP) is 4.02. The van der Waals surface area contributed by atoms with Crippen LogP contribution in [0.3, 0.4) is 0 Å². The van der Waals surface area contributed by atoms with Crippen molar-refractivity contribution in [1.29, 1.82) is 0 Å². The zero-order valence-electron chi connectivity index (χ0n) is 15.6. The highest BCUT2D eigenvalue weighted by Gasteiger charge is 2.19. The van der Waals surface area contributed by atoms with E-state index in [1.807, 2.05) is 6.07 Å². The van der Waals surface area contributed by atoms with E-state index in [4.69, 9.17) is 9.47 Å². The van der Waals surface area contributed by atoms with Gasteiger partial charge in [-0.15, -0.1) is 0 Å². The maximum Gasteiger partial charge on any atom is 0.259 e. The van der Waals surface area contributed by atoms with Crippen LogP contribution in [0.4, 0.5) is 9.52 Å². The number of hydrogen-bond donors (Lipinski definition) is 1. The van der Waals surface area contributed by atoms with Crippen LogP contribution >= 0.6 is 11.3 Å². The van der Waals surface area contributed by atoms with Gasteiger partial charge in [-0.25, -0.2) is 19.3 Å². The lowest BCUT2D eigenvalue weighted by Gasteiger charge is -2.17. The predicted molar refractivity (Wildman–Crippen MR) is 108 cm³/mol. The summed E-state index contributed by atoms with van der Waals surface area (Å²) in [7, 11) is 0. The highest BCUT2D eigenvalue weighted by Crippen LogP contribution is 2.38. The van der Waals surface area contributed by atoms with Gasteiger partial charge in [-0.05, 0) is 19.9 Å². The highest BCUT2D eigenvalue weighted by atomic mass is 32.1. The van der Waals surface area contributed by atoms with E-state index in [1.165, 1.54) is 17.4 Å². The Kier molecular flexibility index (Phi) is 4.06. The maximum atomic E-state index is 14.1. The normalized spacial score (nSPS) is 13.1. The third-order valence-corrected chi connectivity index (χ3v) is 5.60. The Morgan fingerprint density at radius 3 is 2.52 bits per heavy atom. The van der Waals surface area contributed by atoms with Crippen molar-refractivity contribution in [3.63, 3.8) is 0 Å². The average Bonchev–Trinajstić information content (AvgIpc) is 3.07. The molecular formula is C20H15FN4O3S. The van der Waals surface area contributed by atoms with E-state index in [0.29, 0.717) is 57.8 Å². The number of carbonyl (C=O) groups excluding carboxylic acids is 1. The first-order valence-electron chi connectivity index (χ1n) is 8.94.